The summed E-state index contributed by atoms with van der Waals surface area (Å²) in [6.45, 7) is 1.65. The van der Waals surface area contributed by atoms with Crippen LogP contribution < -0.4 is 10.1 Å². The summed E-state index contributed by atoms with van der Waals surface area (Å²) < 4.78 is 5.48. The molecule has 120 valence electrons. The molecule has 0 amide bonds. The molecule has 0 saturated heterocycles. The van der Waals surface area contributed by atoms with Gasteiger partial charge in [0.05, 0.1) is 5.02 Å². The Morgan fingerprint density at radius 2 is 2.10 bits per heavy atom. The Hall–Kier alpha value is -0.130. The van der Waals surface area contributed by atoms with Crippen molar-refractivity contribution in [2.24, 2.45) is 0 Å². The van der Waals surface area contributed by atoms with Gasteiger partial charge in [0.2, 0.25) is 0 Å². The van der Waals surface area contributed by atoms with Crippen molar-refractivity contribution in [1.82, 2.24) is 5.32 Å². The molecule has 0 aromatic heterocycles. The zero-order chi connectivity index (χ0) is 15.5. The molecule has 6 heteroatoms. The van der Waals surface area contributed by atoms with Crippen molar-refractivity contribution >= 4 is 35.0 Å². The summed E-state index contributed by atoms with van der Waals surface area (Å²) in [5.74, 6) is 1.76. The largest absolute Gasteiger partial charge is 0.489 e. The van der Waals surface area contributed by atoms with Crippen molar-refractivity contribution in [2.45, 2.75) is 25.4 Å². The van der Waals surface area contributed by atoms with Crippen LogP contribution in [0.4, 0.5) is 0 Å². The van der Waals surface area contributed by atoms with Crippen LogP contribution in [0.2, 0.25) is 10.0 Å². The third-order valence-electron chi connectivity index (χ3n) is 2.91. The molecule has 0 fully saturated rings. The molecule has 0 aliphatic heterocycles. The summed E-state index contributed by atoms with van der Waals surface area (Å²) in [6, 6.07) is 5.04. The van der Waals surface area contributed by atoms with Gasteiger partial charge in [-0.1, -0.05) is 29.6 Å². The molecule has 0 heterocycles. The average molecular weight is 352 g/mol. The zero-order valence-electron chi connectivity index (χ0n) is 12.3. The predicted molar refractivity (Wildman–Crippen MR) is 93.1 cm³/mol. The van der Waals surface area contributed by atoms with Crippen LogP contribution in [-0.2, 0) is 0 Å². The second-order valence-corrected chi connectivity index (χ2v) is 6.63. The fraction of sp³-hybridized carbons (Fsp3) is 0.600. The molecule has 21 heavy (non-hydrogen) atoms. The van der Waals surface area contributed by atoms with Crippen LogP contribution in [0.1, 0.15) is 19.3 Å². The summed E-state index contributed by atoms with van der Waals surface area (Å²) in [6.07, 6.45) is 5.19. The minimum atomic E-state index is -0.553. The predicted octanol–water partition coefficient (Wildman–Crippen LogP) is 3.86. The van der Waals surface area contributed by atoms with Crippen LogP contribution in [0.25, 0.3) is 0 Å². The van der Waals surface area contributed by atoms with Gasteiger partial charge < -0.3 is 15.2 Å². The number of unbranched alkanes of at least 4 members (excludes halogenated alkanes) is 2. The molecular weight excluding hydrogens is 329 g/mol. The number of benzene rings is 1. The molecule has 1 aromatic rings. The molecule has 1 atom stereocenters. The monoisotopic (exact) mass is 351 g/mol. The summed E-state index contributed by atoms with van der Waals surface area (Å²) in [5, 5.41) is 14.1. The first-order valence-electron chi connectivity index (χ1n) is 7.09. The van der Waals surface area contributed by atoms with Gasteiger partial charge in [0, 0.05) is 11.6 Å². The Morgan fingerprint density at radius 3 is 2.81 bits per heavy atom. The molecule has 0 bridgehead atoms. The number of hydrogen-bond acceptors (Lipinski definition) is 4. The molecule has 3 nitrogen and oxygen atoms in total. The van der Waals surface area contributed by atoms with Gasteiger partial charge in [0.15, 0.2) is 0 Å². The van der Waals surface area contributed by atoms with Crippen molar-refractivity contribution in [3.8, 4) is 5.75 Å². The minimum Gasteiger partial charge on any atom is -0.489 e. The third kappa shape index (κ3) is 8.79. The standard InChI is InChI=1S/C15H23Cl2NO2S/c1-21-8-4-2-3-7-18-10-13(19)11-20-15-6-5-12(16)9-14(15)17/h5-6,9,13,18-19H,2-4,7-8,10-11H2,1H3. The molecule has 0 saturated carbocycles. The van der Waals surface area contributed by atoms with Crippen molar-refractivity contribution in [3.63, 3.8) is 0 Å². The zero-order valence-corrected chi connectivity index (χ0v) is 14.6. The van der Waals surface area contributed by atoms with Gasteiger partial charge in [-0.3, -0.25) is 0 Å². The van der Waals surface area contributed by atoms with E-state index in [9.17, 15) is 5.11 Å². The van der Waals surface area contributed by atoms with Gasteiger partial charge in [-0.25, -0.2) is 0 Å². The lowest BCUT2D eigenvalue weighted by molar-refractivity contribution is 0.106. The SMILES string of the molecule is CSCCCCCNCC(O)COc1ccc(Cl)cc1Cl. The Kier molecular flexibility index (Phi) is 10.3. The van der Waals surface area contributed by atoms with E-state index in [0.717, 1.165) is 13.0 Å². The molecule has 0 spiro atoms. The van der Waals surface area contributed by atoms with Crippen LogP contribution >= 0.6 is 35.0 Å². The maximum atomic E-state index is 9.84. The van der Waals surface area contributed by atoms with Crippen LogP contribution in [-0.4, -0.2) is 42.9 Å². The first kappa shape index (κ1) is 18.9. The molecule has 1 aromatic carbocycles. The molecule has 0 radical (unpaired) electrons. The van der Waals surface area contributed by atoms with Crippen molar-refractivity contribution in [1.29, 1.82) is 0 Å². The number of aliphatic hydroxyl groups is 1. The Morgan fingerprint density at radius 1 is 1.29 bits per heavy atom. The number of rotatable bonds is 11. The maximum Gasteiger partial charge on any atom is 0.138 e. The highest BCUT2D eigenvalue weighted by Gasteiger charge is 2.07. The van der Waals surface area contributed by atoms with Gasteiger partial charge >= 0.3 is 0 Å². The number of nitrogens with one attached hydrogen (secondary N) is 1. The van der Waals surface area contributed by atoms with Gasteiger partial charge in [-0.05, 0) is 49.6 Å². The lowest BCUT2D eigenvalue weighted by atomic mass is 10.2. The van der Waals surface area contributed by atoms with Crippen molar-refractivity contribution < 1.29 is 9.84 Å². The van der Waals surface area contributed by atoms with Gasteiger partial charge in [-0.15, -0.1) is 0 Å². The fourth-order valence-corrected chi connectivity index (χ4v) is 2.73. The molecule has 2 N–H and O–H groups in total. The van der Waals surface area contributed by atoms with E-state index in [-0.39, 0.29) is 6.61 Å². The van der Waals surface area contributed by atoms with Crippen molar-refractivity contribution in [3.05, 3.63) is 28.2 Å². The normalized spacial score (nSPS) is 12.4. The van der Waals surface area contributed by atoms with E-state index in [1.54, 1.807) is 18.2 Å². The number of ether oxygens (including phenoxy) is 1. The minimum absolute atomic E-state index is 0.209. The lowest BCUT2D eigenvalue weighted by Crippen LogP contribution is -2.32. The van der Waals surface area contributed by atoms with E-state index < -0.39 is 6.10 Å². The summed E-state index contributed by atoms with van der Waals surface area (Å²) >= 11 is 13.7. The quantitative estimate of drug-likeness (QED) is 0.594. The molecule has 0 aliphatic carbocycles. The second kappa shape index (κ2) is 11.4. The Balaban J connectivity index is 2.09. The van der Waals surface area contributed by atoms with Gasteiger partial charge in [-0.2, -0.15) is 11.8 Å². The van der Waals surface area contributed by atoms with E-state index in [0.29, 0.717) is 22.3 Å². The number of hydrogen-bond donors (Lipinski definition) is 2. The first-order chi connectivity index (χ1) is 10.1. The third-order valence-corrected chi connectivity index (χ3v) is 4.13. The van der Waals surface area contributed by atoms with E-state index >= 15 is 0 Å². The number of halogens is 2. The average Bonchev–Trinajstić information content (AvgIpc) is 2.45. The first-order valence-corrected chi connectivity index (χ1v) is 9.24. The van der Waals surface area contributed by atoms with E-state index in [4.69, 9.17) is 27.9 Å². The smallest absolute Gasteiger partial charge is 0.138 e. The van der Waals surface area contributed by atoms with Gasteiger partial charge in [0.25, 0.3) is 0 Å². The highest BCUT2D eigenvalue weighted by Crippen LogP contribution is 2.27. The van der Waals surface area contributed by atoms with Crippen LogP contribution in [0.5, 0.6) is 5.75 Å². The van der Waals surface area contributed by atoms with Gasteiger partial charge in [0.1, 0.15) is 18.5 Å². The second-order valence-electron chi connectivity index (χ2n) is 4.80. The highest BCUT2D eigenvalue weighted by molar-refractivity contribution is 7.98. The summed E-state index contributed by atoms with van der Waals surface area (Å²) in [7, 11) is 0. The highest BCUT2D eigenvalue weighted by atomic mass is 35.5. The molecule has 0 aliphatic rings. The summed E-state index contributed by atoms with van der Waals surface area (Å²) in [4.78, 5) is 0. The molecule has 1 unspecified atom stereocenters. The molecular formula is C15H23Cl2NO2S. The Labute approximate surface area is 141 Å². The van der Waals surface area contributed by atoms with Crippen LogP contribution in [0.3, 0.4) is 0 Å². The fourth-order valence-electron chi connectivity index (χ4n) is 1.78. The maximum absolute atomic E-state index is 9.84. The molecule has 1 rings (SSSR count). The number of thioether (sulfide) groups is 1. The Bertz CT molecular complexity index is 407. The van der Waals surface area contributed by atoms with Crippen molar-refractivity contribution in [2.75, 3.05) is 31.7 Å². The lowest BCUT2D eigenvalue weighted by Gasteiger charge is -2.14. The summed E-state index contributed by atoms with van der Waals surface area (Å²) in [5.41, 5.74) is 0. The topological polar surface area (TPSA) is 41.5 Å². The van der Waals surface area contributed by atoms with E-state index in [2.05, 4.69) is 11.6 Å². The van der Waals surface area contributed by atoms with Crippen LogP contribution in [0.15, 0.2) is 18.2 Å². The number of aliphatic hydroxyl groups excluding tert-OH is 1. The van der Waals surface area contributed by atoms with E-state index in [1.807, 2.05) is 11.8 Å². The van der Waals surface area contributed by atoms with E-state index in [1.165, 1.54) is 18.6 Å². The van der Waals surface area contributed by atoms with Crippen LogP contribution in [0, 0.1) is 0 Å².